The van der Waals surface area contributed by atoms with Crippen molar-refractivity contribution in [1.29, 1.82) is 0 Å². The Hall–Kier alpha value is -0.540. The number of alkyl halides is 1. The van der Waals surface area contributed by atoms with Gasteiger partial charge < -0.3 is 5.32 Å². The van der Waals surface area contributed by atoms with Gasteiger partial charge in [-0.25, -0.2) is 9.97 Å². The number of hydrogen-bond donors (Lipinski definition) is 1. The van der Waals surface area contributed by atoms with E-state index in [1.54, 1.807) is 12.4 Å². The molecule has 1 saturated carbocycles. The molecule has 2 unspecified atom stereocenters. The van der Waals surface area contributed by atoms with Gasteiger partial charge in [-0.05, 0) is 18.8 Å². The molecule has 1 aliphatic rings. The third-order valence-corrected chi connectivity index (χ3v) is 4.05. The van der Waals surface area contributed by atoms with Crippen molar-refractivity contribution in [3.05, 3.63) is 17.4 Å². The van der Waals surface area contributed by atoms with Gasteiger partial charge in [0.25, 0.3) is 0 Å². The van der Waals surface area contributed by atoms with Crippen LogP contribution in [0.15, 0.2) is 12.4 Å². The van der Waals surface area contributed by atoms with Gasteiger partial charge in [0.05, 0.1) is 23.0 Å². The highest BCUT2D eigenvalue weighted by Gasteiger charge is 2.34. The van der Waals surface area contributed by atoms with E-state index in [2.05, 4.69) is 22.2 Å². The van der Waals surface area contributed by atoms with Crippen molar-refractivity contribution >= 4 is 29.2 Å². The summed E-state index contributed by atoms with van der Waals surface area (Å²) in [7, 11) is 0. The Kier molecular flexibility index (Phi) is 4.10. The Labute approximate surface area is 112 Å². The number of anilines is 1. The molecular weight excluding hydrogens is 257 g/mol. The molecule has 0 amide bonds. The highest BCUT2D eigenvalue weighted by atomic mass is 35.5. The Balaban J connectivity index is 2.10. The maximum Gasteiger partial charge on any atom is 0.223 e. The fourth-order valence-electron chi connectivity index (χ4n) is 2.54. The average Bonchev–Trinajstić information content (AvgIpc) is 2.32. The quantitative estimate of drug-likeness (QED) is 0.853. The number of halogens is 2. The highest BCUT2D eigenvalue weighted by molar-refractivity contribution is 6.30. The topological polar surface area (TPSA) is 37.8 Å². The van der Waals surface area contributed by atoms with Gasteiger partial charge in [-0.2, -0.15) is 0 Å². The molecule has 1 N–H and O–H groups in total. The van der Waals surface area contributed by atoms with Gasteiger partial charge in [0, 0.05) is 5.88 Å². The van der Waals surface area contributed by atoms with Crippen molar-refractivity contribution < 1.29 is 0 Å². The normalized spacial score (nSPS) is 29.0. The molecule has 1 heterocycles. The molecule has 1 fully saturated rings. The van der Waals surface area contributed by atoms with Crippen molar-refractivity contribution in [2.24, 2.45) is 5.92 Å². The summed E-state index contributed by atoms with van der Waals surface area (Å²) in [6.07, 6.45) is 7.84. The van der Waals surface area contributed by atoms with Crippen LogP contribution in [0.25, 0.3) is 0 Å². The first-order valence-electron chi connectivity index (χ1n) is 5.95. The minimum Gasteiger partial charge on any atom is -0.348 e. The van der Waals surface area contributed by atoms with Gasteiger partial charge >= 0.3 is 0 Å². The summed E-state index contributed by atoms with van der Waals surface area (Å²) in [6, 6.07) is 0. The molecule has 0 saturated heterocycles. The molecule has 3 nitrogen and oxygen atoms in total. The first kappa shape index (κ1) is 12.9. The van der Waals surface area contributed by atoms with Crippen LogP contribution < -0.4 is 5.32 Å². The molecule has 17 heavy (non-hydrogen) atoms. The fourth-order valence-corrected chi connectivity index (χ4v) is 2.95. The maximum atomic E-state index is 6.14. The van der Waals surface area contributed by atoms with Crippen LogP contribution in [0.1, 0.15) is 32.6 Å². The lowest BCUT2D eigenvalue weighted by Gasteiger charge is -2.39. The summed E-state index contributed by atoms with van der Waals surface area (Å²) in [4.78, 5) is 8.36. The van der Waals surface area contributed by atoms with E-state index in [9.17, 15) is 0 Å². The fraction of sp³-hybridized carbons (Fsp3) is 0.667. The lowest BCUT2D eigenvalue weighted by atomic mass is 9.77. The number of nitrogens with zero attached hydrogens (tertiary/aromatic N) is 2. The van der Waals surface area contributed by atoms with E-state index in [1.807, 2.05) is 0 Å². The number of nitrogens with one attached hydrogen (secondary N) is 1. The van der Waals surface area contributed by atoms with E-state index in [0.717, 1.165) is 12.8 Å². The predicted octanol–water partition coefficient (Wildman–Crippen LogP) is 3.73. The first-order chi connectivity index (χ1) is 8.13. The van der Waals surface area contributed by atoms with Gasteiger partial charge in [-0.1, -0.05) is 31.4 Å². The van der Waals surface area contributed by atoms with Crippen LogP contribution in [0.3, 0.4) is 0 Å². The highest BCUT2D eigenvalue weighted by Crippen LogP contribution is 2.35. The second kappa shape index (κ2) is 5.40. The van der Waals surface area contributed by atoms with Crippen LogP contribution in [-0.4, -0.2) is 21.4 Å². The van der Waals surface area contributed by atoms with Gasteiger partial charge in [0.2, 0.25) is 5.95 Å². The summed E-state index contributed by atoms with van der Waals surface area (Å²) >= 11 is 11.9. The van der Waals surface area contributed by atoms with Crippen LogP contribution in [0.5, 0.6) is 0 Å². The van der Waals surface area contributed by atoms with Crippen LogP contribution in [-0.2, 0) is 0 Å². The van der Waals surface area contributed by atoms with Gasteiger partial charge in [-0.15, -0.1) is 11.6 Å². The molecule has 1 aromatic heterocycles. The lowest BCUT2D eigenvalue weighted by Crippen LogP contribution is -2.44. The van der Waals surface area contributed by atoms with Crippen LogP contribution in [0, 0.1) is 5.92 Å². The van der Waals surface area contributed by atoms with Gasteiger partial charge in [0.15, 0.2) is 0 Å². The zero-order valence-corrected chi connectivity index (χ0v) is 11.4. The van der Waals surface area contributed by atoms with E-state index in [4.69, 9.17) is 23.2 Å². The zero-order chi connectivity index (χ0) is 12.3. The van der Waals surface area contributed by atoms with Crippen molar-refractivity contribution in [2.75, 3.05) is 11.2 Å². The number of hydrogen-bond acceptors (Lipinski definition) is 3. The summed E-state index contributed by atoms with van der Waals surface area (Å²) in [5.41, 5.74) is -0.0624. The molecule has 2 atom stereocenters. The second-order valence-corrected chi connectivity index (χ2v) is 5.67. The van der Waals surface area contributed by atoms with Gasteiger partial charge in [-0.3, -0.25) is 0 Å². The Morgan fingerprint density at radius 2 is 2.18 bits per heavy atom. The zero-order valence-electron chi connectivity index (χ0n) is 9.92. The molecule has 1 aromatic rings. The Morgan fingerprint density at radius 1 is 1.47 bits per heavy atom. The summed E-state index contributed by atoms with van der Waals surface area (Å²) in [6.45, 7) is 2.27. The third kappa shape index (κ3) is 3.23. The predicted molar refractivity (Wildman–Crippen MR) is 71.7 cm³/mol. The molecule has 94 valence electrons. The van der Waals surface area contributed by atoms with Crippen molar-refractivity contribution in [1.82, 2.24) is 9.97 Å². The Bertz CT molecular complexity index is 369. The van der Waals surface area contributed by atoms with Crippen LogP contribution in [0.4, 0.5) is 5.95 Å². The standard InChI is InChI=1S/C12H17Cl2N3/c1-9-3-2-4-12(5-9,8-13)17-11-15-6-10(14)7-16-11/h6-7,9H,2-5,8H2,1H3,(H,15,16,17). The average molecular weight is 274 g/mol. The van der Waals surface area contributed by atoms with Crippen molar-refractivity contribution in [3.8, 4) is 0 Å². The summed E-state index contributed by atoms with van der Waals surface area (Å²) in [5, 5.41) is 3.94. The first-order valence-corrected chi connectivity index (χ1v) is 6.86. The molecular formula is C12H17Cl2N3. The minimum atomic E-state index is -0.0624. The Morgan fingerprint density at radius 3 is 2.76 bits per heavy atom. The van der Waals surface area contributed by atoms with Crippen molar-refractivity contribution in [3.63, 3.8) is 0 Å². The van der Waals surface area contributed by atoms with Gasteiger partial charge in [0.1, 0.15) is 0 Å². The molecule has 0 aliphatic heterocycles. The SMILES string of the molecule is CC1CCCC(CCl)(Nc2ncc(Cl)cn2)C1. The summed E-state index contributed by atoms with van der Waals surface area (Å²) < 4.78 is 0. The van der Waals surface area contributed by atoms with E-state index >= 15 is 0 Å². The smallest absolute Gasteiger partial charge is 0.223 e. The molecule has 2 rings (SSSR count). The molecule has 0 radical (unpaired) electrons. The monoisotopic (exact) mass is 273 g/mol. The van der Waals surface area contributed by atoms with E-state index in [0.29, 0.717) is 22.8 Å². The van der Waals surface area contributed by atoms with E-state index in [1.165, 1.54) is 12.8 Å². The number of rotatable bonds is 3. The summed E-state index contributed by atoms with van der Waals surface area (Å²) in [5.74, 6) is 1.90. The minimum absolute atomic E-state index is 0.0624. The van der Waals surface area contributed by atoms with Crippen LogP contribution >= 0.6 is 23.2 Å². The van der Waals surface area contributed by atoms with E-state index in [-0.39, 0.29) is 5.54 Å². The second-order valence-electron chi connectivity index (χ2n) is 4.97. The maximum absolute atomic E-state index is 6.14. The van der Waals surface area contributed by atoms with Crippen LogP contribution in [0.2, 0.25) is 5.02 Å². The van der Waals surface area contributed by atoms with Crippen molar-refractivity contribution in [2.45, 2.75) is 38.1 Å². The molecule has 0 aromatic carbocycles. The molecule has 5 heteroatoms. The molecule has 1 aliphatic carbocycles. The molecule has 0 spiro atoms. The lowest BCUT2D eigenvalue weighted by molar-refractivity contribution is 0.278. The largest absolute Gasteiger partial charge is 0.348 e. The third-order valence-electron chi connectivity index (χ3n) is 3.34. The van der Waals surface area contributed by atoms with E-state index < -0.39 is 0 Å². The molecule has 0 bridgehead atoms. The number of aromatic nitrogens is 2.